The van der Waals surface area contributed by atoms with E-state index < -0.39 is 0 Å². The van der Waals surface area contributed by atoms with Crippen molar-refractivity contribution in [3.63, 3.8) is 0 Å². The summed E-state index contributed by atoms with van der Waals surface area (Å²) >= 11 is 0. The molecule has 2 atom stereocenters. The highest BCUT2D eigenvalue weighted by Crippen LogP contribution is 2.18. The van der Waals surface area contributed by atoms with Gasteiger partial charge in [-0.25, -0.2) is 0 Å². The molecule has 2 unspecified atom stereocenters. The van der Waals surface area contributed by atoms with Crippen molar-refractivity contribution in [1.82, 2.24) is 15.5 Å². The molecule has 0 aromatic heterocycles. The molecular formula is C15H31Cl2N3O. The van der Waals surface area contributed by atoms with Crippen LogP contribution in [0.15, 0.2) is 0 Å². The lowest BCUT2D eigenvalue weighted by Gasteiger charge is -2.25. The van der Waals surface area contributed by atoms with Crippen molar-refractivity contribution in [1.29, 1.82) is 0 Å². The van der Waals surface area contributed by atoms with Crippen LogP contribution < -0.4 is 10.6 Å². The molecule has 4 nitrogen and oxygen atoms in total. The van der Waals surface area contributed by atoms with Gasteiger partial charge in [0.2, 0.25) is 5.91 Å². The Morgan fingerprint density at radius 3 is 2.76 bits per heavy atom. The van der Waals surface area contributed by atoms with Gasteiger partial charge in [0, 0.05) is 6.54 Å². The zero-order valence-corrected chi connectivity index (χ0v) is 14.7. The van der Waals surface area contributed by atoms with E-state index >= 15 is 0 Å². The zero-order chi connectivity index (χ0) is 13.5. The van der Waals surface area contributed by atoms with Gasteiger partial charge in [-0.05, 0) is 70.6 Å². The van der Waals surface area contributed by atoms with E-state index in [0.717, 1.165) is 57.9 Å². The number of carbonyl (C=O) groups excluding carboxylic acids is 1. The molecule has 0 saturated carbocycles. The van der Waals surface area contributed by atoms with Gasteiger partial charge in [-0.2, -0.15) is 0 Å². The fourth-order valence-corrected chi connectivity index (χ4v) is 3.37. The fourth-order valence-electron chi connectivity index (χ4n) is 3.37. The molecule has 0 spiro atoms. The van der Waals surface area contributed by atoms with Crippen molar-refractivity contribution < 1.29 is 4.79 Å². The van der Waals surface area contributed by atoms with E-state index in [1.807, 2.05) is 0 Å². The molecular weight excluding hydrogens is 309 g/mol. The lowest BCUT2D eigenvalue weighted by Crippen LogP contribution is -2.44. The van der Waals surface area contributed by atoms with E-state index in [2.05, 4.69) is 22.5 Å². The Balaban J connectivity index is 0.00000200. The molecule has 2 heterocycles. The van der Waals surface area contributed by atoms with Gasteiger partial charge >= 0.3 is 0 Å². The van der Waals surface area contributed by atoms with Crippen molar-refractivity contribution in [2.24, 2.45) is 5.92 Å². The normalized spacial score (nSPS) is 25.8. The first-order valence-electron chi connectivity index (χ1n) is 8.03. The quantitative estimate of drug-likeness (QED) is 0.779. The van der Waals surface area contributed by atoms with Crippen LogP contribution in [0.5, 0.6) is 0 Å². The number of nitrogens with zero attached hydrogens (tertiary/aromatic N) is 1. The minimum atomic E-state index is 0. The van der Waals surface area contributed by atoms with Gasteiger partial charge in [0.25, 0.3) is 0 Å². The molecule has 126 valence electrons. The second-order valence-electron chi connectivity index (χ2n) is 5.99. The predicted octanol–water partition coefficient (Wildman–Crippen LogP) is 2.21. The van der Waals surface area contributed by atoms with Crippen molar-refractivity contribution in [3.8, 4) is 0 Å². The van der Waals surface area contributed by atoms with Crippen molar-refractivity contribution >= 4 is 30.7 Å². The minimum absolute atomic E-state index is 0. The number of likely N-dealkylation sites (tertiary alicyclic amines) is 1. The minimum Gasteiger partial charge on any atom is -0.355 e. The summed E-state index contributed by atoms with van der Waals surface area (Å²) in [6.45, 7) is 7.48. The molecule has 2 rings (SSSR count). The van der Waals surface area contributed by atoms with Gasteiger partial charge in [-0.15, -0.1) is 24.8 Å². The zero-order valence-electron chi connectivity index (χ0n) is 13.1. The SMILES string of the molecule is CCCN1CCCC1C(=O)NCCC1CCCNC1.Cl.Cl. The Kier molecular flexibility index (Phi) is 11.5. The summed E-state index contributed by atoms with van der Waals surface area (Å²) in [7, 11) is 0. The molecule has 21 heavy (non-hydrogen) atoms. The number of amides is 1. The number of carbonyl (C=O) groups is 1. The third-order valence-electron chi connectivity index (χ3n) is 4.43. The number of piperidine rings is 1. The van der Waals surface area contributed by atoms with Crippen LogP contribution in [0.4, 0.5) is 0 Å². The third-order valence-corrected chi connectivity index (χ3v) is 4.43. The molecule has 2 aliphatic rings. The van der Waals surface area contributed by atoms with Crippen LogP contribution >= 0.6 is 24.8 Å². The highest BCUT2D eigenvalue weighted by molar-refractivity contribution is 5.85. The van der Waals surface area contributed by atoms with Crippen molar-refractivity contribution in [2.45, 2.75) is 51.5 Å². The van der Waals surface area contributed by atoms with Crippen LogP contribution in [0.2, 0.25) is 0 Å². The Labute approximate surface area is 141 Å². The van der Waals surface area contributed by atoms with Crippen LogP contribution in [-0.4, -0.2) is 49.6 Å². The number of rotatable bonds is 6. The van der Waals surface area contributed by atoms with Gasteiger partial charge in [0.1, 0.15) is 0 Å². The first-order valence-corrected chi connectivity index (χ1v) is 8.03. The predicted molar refractivity (Wildman–Crippen MR) is 92.6 cm³/mol. The lowest BCUT2D eigenvalue weighted by atomic mass is 9.96. The van der Waals surface area contributed by atoms with E-state index in [9.17, 15) is 4.79 Å². The van der Waals surface area contributed by atoms with Crippen LogP contribution in [0.3, 0.4) is 0 Å². The molecule has 0 aliphatic carbocycles. The molecule has 0 aromatic carbocycles. The molecule has 2 N–H and O–H groups in total. The largest absolute Gasteiger partial charge is 0.355 e. The van der Waals surface area contributed by atoms with E-state index in [1.54, 1.807) is 0 Å². The topological polar surface area (TPSA) is 44.4 Å². The second-order valence-corrected chi connectivity index (χ2v) is 5.99. The summed E-state index contributed by atoms with van der Waals surface area (Å²) in [4.78, 5) is 14.5. The molecule has 0 bridgehead atoms. The number of nitrogens with one attached hydrogen (secondary N) is 2. The first kappa shape index (κ1) is 21.0. The van der Waals surface area contributed by atoms with Gasteiger partial charge in [-0.3, -0.25) is 9.69 Å². The van der Waals surface area contributed by atoms with Crippen LogP contribution in [-0.2, 0) is 4.79 Å². The summed E-state index contributed by atoms with van der Waals surface area (Å²) in [5.74, 6) is 1.01. The summed E-state index contributed by atoms with van der Waals surface area (Å²) in [5, 5.41) is 6.58. The van der Waals surface area contributed by atoms with Gasteiger partial charge in [-0.1, -0.05) is 6.92 Å². The lowest BCUT2D eigenvalue weighted by molar-refractivity contribution is -0.125. The maximum absolute atomic E-state index is 12.2. The monoisotopic (exact) mass is 339 g/mol. The molecule has 2 aliphatic heterocycles. The Hall–Kier alpha value is -0.0300. The highest BCUT2D eigenvalue weighted by atomic mass is 35.5. The summed E-state index contributed by atoms with van der Waals surface area (Å²) < 4.78 is 0. The molecule has 0 aromatic rings. The molecule has 1 amide bonds. The maximum Gasteiger partial charge on any atom is 0.237 e. The molecule has 2 fully saturated rings. The Morgan fingerprint density at radius 1 is 1.29 bits per heavy atom. The Morgan fingerprint density at radius 2 is 2.10 bits per heavy atom. The number of hydrogen-bond acceptors (Lipinski definition) is 3. The standard InChI is InChI=1S/C15H29N3O.2ClH/c1-2-10-18-11-4-6-14(18)15(19)17-9-7-13-5-3-8-16-12-13;;/h13-14,16H,2-12H2,1H3,(H,17,19);2*1H. The highest BCUT2D eigenvalue weighted by Gasteiger charge is 2.29. The maximum atomic E-state index is 12.2. The molecule has 6 heteroatoms. The fraction of sp³-hybridized carbons (Fsp3) is 0.933. The van der Waals surface area contributed by atoms with Gasteiger partial charge < -0.3 is 10.6 Å². The van der Waals surface area contributed by atoms with Crippen LogP contribution in [0, 0.1) is 5.92 Å². The van der Waals surface area contributed by atoms with Crippen molar-refractivity contribution in [3.05, 3.63) is 0 Å². The number of hydrogen-bond donors (Lipinski definition) is 2. The average molecular weight is 340 g/mol. The summed E-state index contributed by atoms with van der Waals surface area (Å²) in [6.07, 6.45) is 7.07. The van der Waals surface area contributed by atoms with Gasteiger partial charge in [0.05, 0.1) is 6.04 Å². The van der Waals surface area contributed by atoms with E-state index in [-0.39, 0.29) is 36.8 Å². The van der Waals surface area contributed by atoms with E-state index in [4.69, 9.17) is 0 Å². The second kappa shape index (κ2) is 11.5. The average Bonchev–Trinajstić information content (AvgIpc) is 2.89. The molecule has 0 radical (unpaired) electrons. The smallest absolute Gasteiger partial charge is 0.237 e. The van der Waals surface area contributed by atoms with E-state index in [1.165, 1.54) is 19.3 Å². The van der Waals surface area contributed by atoms with Crippen LogP contribution in [0.1, 0.15) is 45.4 Å². The number of halogens is 2. The van der Waals surface area contributed by atoms with E-state index in [0.29, 0.717) is 0 Å². The first-order chi connectivity index (χ1) is 9.31. The molecule has 2 saturated heterocycles. The van der Waals surface area contributed by atoms with Crippen LogP contribution in [0.25, 0.3) is 0 Å². The summed E-state index contributed by atoms with van der Waals surface area (Å²) in [6, 6.07) is 0.143. The Bertz CT molecular complexity index is 286. The van der Waals surface area contributed by atoms with Crippen molar-refractivity contribution in [2.75, 3.05) is 32.7 Å². The third kappa shape index (κ3) is 6.72. The summed E-state index contributed by atoms with van der Waals surface area (Å²) in [5.41, 5.74) is 0. The van der Waals surface area contributed by atoms with Gasteiger partial charge in [0.15, 0.2) is 0 Å².